The number of nitrogens with zero attached hydrogens (tertiary/aromatic N) is 3. The van der Waals surface area contributed by atoms with E-state index in [0.29, 0.717) is 36.3 Å². The summed E-state index contributed by atoms with van der Waals surface area (Å²) in [5.41, 5.74) is 4.48. The number of allylic oxidation sites excluding steroid dienone is 4. The summed E-state index contributed by atoms with van der Waals surface area (Å²) in [6.07, 6.45) is 10.4. The summed E-state index contributed by atoms with van der Waals surface area (Å²) in [6.45, 7) is 4.10. The Hall–Kier alpha value is -4.46. The van der Waals surface area contributed by atoms with Crippen LogP contribution in [0, 0.1) is 0 Å². The fourth-order valence-electron chi connectivity index (χ4n) is 4.83. The van der Waals surface area contributed by atoms with E-state index in [9.17, 15) is 14.7 Å². The summed E-state index contributed by atoms with van der Waals surface area (Å²) in [6, 6.07) is 14.6. The molecule has 1 unspecified atom stereocenters. The second-order valence-corrected chi connectivity index (χ2v) is 9.47. The lowest BCUT2D eigenvalue weighted by atomic mass is 9.73. The monoisotopic (exact) mass is 496 g/mol. The summed E-state index contributed by atoms with van der Waals surface area (Å²) in [5, 5.41) is 13.6. The highest BCUT2D eigenvalue weighted by atomic mass is 16.5. The first-order valence-electron chi connectivity index (χ1n) is 12.3. The van der Waals surface area contributed by atoms with Crippen LogP contribution in [0.2, 0.25) is 0 Å². The molecular weight excluding hydrogens is 468 g/mol. The van der Waals surface area contributed by atoms with Crippen LogP contribution >= 0.6 is 0 Å². The van der Waals surface area contributed by atoms with Gasteiger partial charge in [-0.2, -0.15) is 0 Å². The van der Waals surface area contributed by atoms with Gasteiger partial charge in [0, 0.05) is 12.0 Å². The molecule has 0 amide bonds. The summed E-state index contributed by atoms with van der Waals surface area (Å²) < 4.78 is 6.30. The van der Waals surface area contributed by atoms with E-state index in [4.69, 9.17) is 4.52 Å². The normalized spacial score (nSPS) is 17.1. The van der Waals surface area contributed by atoms with Crippen LogP contribution in [0.4, 0.5) is 0 Å². The zero-order chi connectivity index (χ0) is 26.0. The maximum atomic E-state index is 13.5. The van der Waals surface area contributed by atoms with Gasteiger partial charge >= 0.3 is 5.76 Å². The highest BCUT2D eigenvalue weighted by Crippen LogP contribution is 2.41. The molecule has 37 heavy (non-hydrogen) atoms. The van der Waals surface area contributed by atoms with Gasteiger partial charge in [0.25, 0.3) is 5.56 Å². The van der Waals surface area contributed by atoms with E-state index in [1.54, 1.807) is 30.6 Å². The standard InChI is InChI=1S/C29H28N4O4/c1-3-6-25-23(26(35)33(18-30-25)21-12-14-22(34)15-13-21)17-19-8-10-20(11-9-19)24-7-4-5-16-29(24,2)27-31-28(36)37-32-27/h4-5,7-15,18,34H,3,6,16-17H2,1-2H3,(H,31,32,36). The SMILES string of the molecule is CCCc1ncn(-c2ccc(O)cc2)c(=O)c1Cc1ccc(C2=CC=CCC2(C)c2noc(=O)[nH]2)cc1. The fourth-order valence-corrected chi connectivity index (χ4v) is 4.83. The first kappa shape index (κ1) is 24.2. The molecule has 188 valence electrons. The first-order valence-corrected chi connectivity index (χ1v) is 12.3. The van der Waals surface area contributed by atoms with Gasteiger partial charge < -0.3 is 5.11 Å². The number of nitrogens with one attached hydrogen (secondary N) is 1. The van der Waals surface area contributed by atoms with Gasteiger partial charge in [-0.3, -0.25) is 18.9 Å². The van der Waals surface area contributed by atoms with Crippen molar-refractivity contribution in [3.05, 3.63) is 122 Å². The zero-order valence-electron chi connectivity index (χ0n) is 20.8. The van der Waals surface area contributed by atoms with Crippen molar-refractivity contribution < 1.29 is 9.63 Å². The van der Waals surface area contributed by atoms with Crippen LogP contribution in [0.5, 0.6) is 5.75 Å². The lowest BCUT2D eigenvalue weighted by molar-refractivity contribution is 0.372. The molecule has 0 radical (unpaired) electrons. The maximum Gasteiger partial charge on any atom is 0.438 e. The van der Waals surface area contributed by atoms with Gasteiger partial charge in [-0.1, -0.05) is 61.0 Å². The molecule has 8 nitrogen and oxygen atoms in total. The van der Waals surface area contributed by atoms with Crippen molar-refractivity contribution in [3.63, 3.8) is 0 Å². The van der Waals surface area contributed by atoms with Crippen molar-refractivity contribution in [2.24, 2.45) is 0 Å². The Kier molecular flexibility index (Phi) is 6.48. The molecule has 0 saturated heterocycles. The van der Waals surface area contributed by atoms with Crippen molar-refractivity contribution in [1.29, 1.82) is 0 Å². The summed E-state index contributed by atoms with van der Waals surface area (Å²) in [5.74, 6) is 0.0616. The molecule has 2 heterocycles. The van der Waals surface area contributed by atoms with Crippen LogP contribution in [0.1, 0.15) is 54.9 Å². The quantitative estimate of drug-likeness (QED) is 0.391. The Bertz CT molecular complexity index is 1590. The Morgan fingerprint density at radius 3 is 2.54 bits per heavy atom. The van der Waals surface area contributed by atoms with Gasteiger partial charge in [-0.25, -0.2) is 9.78 Å². The van der Waals surface area contributed by atoms with Gasteiger partial charge in [0.05, 0.1) is 16.8 Å². The maximum absolute atomic E-state index is 13.5. The minimum atomic E-state index is -0.571. The molecule has 0 aliphatic heterocycles. The largest absolute Gasteiger partial charge is 0.508 e. The Morgan fingerprint density at radius 2 is 1.86 bits per heavy atom. The molecule has 5 rings (SSSR count). The third kappa shape index (κ3) is 4.70. The molecule has 0 fully saturated rings. The van der Waals surface area contributed by atoms with E-state index < -0.39 is 11.2 Å². The van der Waals surface area contributed by atoms with E-state index in [2.05, 4.69) is 22.0 Å². The van der Waals surface area contributed by atoms with Crippen LogP contribution < -0.4 is 11.3 Å². The molecule has 4 aromatic rings. The number of aromatic nitrogens is 4. The van der Waals surface area contributed by atoms with Crippen LogP contribution in [-0.4, -0.2) is 24.8 Å². The summed E-state index contributed by atoms with van der Waals surface area (Å²) >= 11 is 0. The third-order valence-corrected chi connectivity index (χ3v) is 6.90. The molecule has 8 heteroatoms. The number of benzene rings is 2. The predicted molar refractivity (Wildman–Crippen MR) is 141 cm³/mol. The number of aromatic amines is 1. The lowest BCUT2D eigenvalue weighted by Gasteiger charge is -2.31. The van der Waals surface area contributed by atoms with Crippen LogP contribution in [0.15, 0.2) is 87.2 Å². The first-order chi connectivity index (χ1) is 17.9. The van der Waals surface area contributed by atoms with Gasteiger partial charge in [0.15, 0.2) is 5.82 Å². The van der Waals surface area contributed by atoms with Crippen molar-refractivity contribution in [2.75, 3.05) is 0 Å². The molecular formula is C29H28N4O4. The zero-order valence-corrected chi connectivity index (χ0v) is 20.8. The molecule has 0 saturated carbocycles. The number of phenolic OH excluding ortho intramolecular Hbond substituents is 1. The second-order valence-electron chi connectivity index (χ2n) is 9.47. The number of aryl methyl sites for hydroxylation is 1. The fraction of sp³-hybridized carbons (Fsp3) is 0.241. The van der Waals surface area contributed by atoms with E-state index >= 15 is 0 Å². The smallest absolute Gasteiger partial charge is 0.438 e. The van der Waals surface area contributed by atoms with Crippen LogP contribution in [-0.2, 0) is 18.3 Å². The van der Waals surface area contributed by atoms with Gasteiger partial charge in [-0.15, -0.1) is 0 Å². The number of H-pyrrole nitrogens is 1. The number of phenols is 1. The molecule has 2 N–H and O–H groups in total. The highest BCUT2D eigenvalue weighted by molar-refractivity contribution is 5.76. The highest BCUT2D eigenvalue weighted by Gasteiger charge is 2.36. The molecule has 1 aliphatic rings. The number of hydrogen-bond acceptors (Lipinski definition) is 6. The Morgan fingerprint density at radius 1 is 1.11 bits per heavy atom. The second kappa shape index (κ2) is 9.89. The molecule has 1 aliphatic carbocycles. The van der Waals surface area contributed by atoms with Crippen molar-refractivity contribution in [1.82, 2.24) is 19.7 Å². The molecule has 0 spiro atoms. The van der Waals surface area contributed by atoms with Crippen molar-refractivity contribution >= 4 is 5.57 Å². The van der Waals surface area contributed by atoms with E-state index in [1.165, 1.54) is 4.57 Å². The minimum absolute atomic E-state index is 0.115. The molecule has 2 aromatic heterocycles. The number of aromatic hydroxyl groups is 1. The number of rotatable bonds is 7. The van der Waals surface area contributed by atoms with Crippen molar-refractivity contribution in [2.45, 2.75) is 44.9 Å². The molecule has 1 atom stereocenters. The number of hydrogen-bond donors (Lipinski definition) is 2. The Balaban J connectivity index is 1.48. The van der Waals surface area contributed by atoms with Gasteiger partial charge in [0.1, 0.15) is 12.1 Å². The molecule has 0 bridgehead atoms. The predicted octanol–water partition coefficient (Wildman–Crippen LogP) is 4.46. The van der Waals surface area contributed by atoms with Gasteiger partial charge in [-0.05, 0) is 60.7 Å². The van der Waals surface area contributed by atoms with Crippen LogP contribution in [0.25, 0.3) is 11.3 Å². The van der Waals surface area contributed by atoms with Crippen molar-refractivity contribution in [3.8, 4) is 11.4 Å². The van der Waals surface area contributed by atoms with E-state index in [0.717, 1.165) is 28.8 Å². The van der Waals surface area contributed by atoms with E-state index in [1.807, 2.05) is 49.4 Å². The summed E-state index contributed by atoms with van der Waals surface area (Å²) in [7, 11) is 0. The van der Waals surface area contributed by atoms with Crippen LogP contribution in [0.3, 0.4) is 0 Å². The third-order valence-electron chi connectivity index (χ3n) is 6.90. The summed E-state index contributed by atoms with van der Waals surface area (Å²) in [4.78, 5) is 32.4. The Labute approximate surface area is 213 Å². The average molecular weight is 497 g/mol. The van der Waals surface area contributed by atoms with E-state index in [-0.39, 0.29) is 11.3 Å². The topological polar surface area (TPSA) is 114 Å². The van der Waals surface area contributed by atoms with Gasteiger partial charge in [0.2, 0.25) is 0 Å². The minimum Gasteiger partial charge on any atom is -0.508 e. The lowest BCUT2D eigenvalue weighted by Crippen LogP contribution is -2.27. The molecule has 2 aromatic carbocycles. The average Bonchev–Trinajstić information content (AvgIpc) is 3.35.